The van der Waals surface area contributed by atoms with Gasteiger partial charge in [-0.05, 0) is 68.4 Å². The molecule has 2 saturated heterocycles. The first kappa shape index (κ1) is 15.3. The summed E-state index contributed by atoms with van der Waals surface area (Å²) in [6.07, 6.45) is 7.26. The van der Waals surface area contributed by atoms with Gasteiger partial charge in [0, 0.05) is 19.0 Å². The van der Waals surface area contributed by atoms with Crippen molar-refractivity contribution in [3.63, 3.8) is 0 Å². The summed E-state index contributed by atoms with van der Waals surface area (Å²) in [5, 5.41) is 3.44. The zero-order chi connectivity index (χ0) is 15.1. The van der Waals surface area contributed by atoms with Crippen LogP contribution < -0.4 is 5.32 Å². The van der Waals surface area contributed by atoms with Crippen molar-refractivity contribution in [3.8, 4) is 0 Å². The number of nitrogens with one attached hydrogen (secondary N) is 1. The topological polar surface area (TPSA) is 32.3 Å². The molecule has 0 radical (unpaired) electrons. The van der Waals surface area contributed by atoms with Crippen LogP contribution in [0.25, 0.3) is 0 Å². The Bertz CT molecular complexity index is 377. The van der Waals surface area contributed by atoms with E-state index in [2.05, 4.69) is 31.0 Å². The quantitative estimate of drug-likeness (QED) is 0.805. The third kappa shape index (κ3) is 3.13. The highest BCUT2D eigenvalue weighted by Crippen LogP contribution is 2.52. The zero-order valence-corrected chi connectivity index (χ0v) is 14.1. The summed E-state index contributed by atoms with van der Waals surface area (Å²) in [6.45, 7) is 11.3. The van der Waals surface area contributed by atoms with Crippen LogP contribution in [0.5, 0.6) is 0 Å². The number of amides is 1. The Kier molecular flexibility index (Phi) is 4.06. The van der Waals surface area contributed by atoms with Crippen LogP contribution >= 0.6 is 0 Å². The van der Waals surface area contributed by atoms with Crippen molar-refractivity contribution in [1.82, 2.24) is 10.2 Å². The molecular formula is C18H32N2O. The van der Waals surface area contributed by atoms with E-state index >= 15 is 0 Å². The van der Waals surface area contributed by atoms with E-state index in [9.17, 15) is 4.79 Å². The van der Waals surface area contributed by atoms with Gasteiger partial charge in [-0.3, -0.25) is 4.79 Å². The number of piperidine rings is 2. The van der Waals surface area contributed by atoms with E-state index in [0.29, 0.717) is 22.7 Å². The summed E-state index contributed by atoms with van der Waals surface area (Å²) in [5.41, 5.74) is 0.917. The lowest BCUT2D eigenvalue weighted by molar-refractivity contribution is -0.146. The van der Waals surface area contributed by atoms with Crippen molar-refractivity contribution in [2.24, 2.45) is 22.7 Å². The summed E-state index contributed by atoms with van der Waals surface area (Å²) in [6, 6.07) is 0. The third-order valence-electron chi connectivity index (χ3n) is 6.40. The van der Waals surface area contributed by atoms with Crippen molar-refractivity contribution < 1.29 is 4.79 Å². The minimum atomic E-state index is 0.342. The van der Waals surface area contributed by atoms with Crippen LogP contribution in [0.2, 0.25) is 0 Å². The first-order valence-electron chi connectivity index (χ1n) is 8.89. The molecule has 3 rings (SSSR count). The second kappa shape index (κ2) is 5.57. The van der Waals surface area contributed by atoms with E-state index in [-0.39, 0.29) is 0 Å². The Morgan fingerprint density at radius 3 is 2.19 bits per heavy atom. The number of nitrogens with zero attached hydrogens (tertiary/aromatic N) is 1. The van der Waals surface area contributed by atoms with Crippen LogP contribution in [0.15, 0.2) is 0 Å². The van der Waals surface area contributed by atoms with Crippen LogP contribution in [0.4, 0.5) is 0 Å². The maximum Gasteiger partial charge on any atom is 0.225 e. The second-order valence-electron chi connectivity index (χ2n) is 8.82. The Morgan fingerprint density at radius 1 is 1.10 bits per heavy atom. The molecule has 3 fully saturated rings. The van der Waals surface area contributed by atoms with Crippen molar-refractivity contribution >= 4 is 5.91 Å². The van der Waals surface area contributed by atoms with Gasteiger partial charge in [-0.2, -0.15) is 0 Å². The number of carbonyl (C=O) groups is 1. The van der Waals surface area contributed by atoms with Gasteiger partial charge in [0.2, 0.25) is 5.91 Å². The van der Waals surface area contributed by atoms with Crippen molar-refractivity contribution in [3.05, 3.63) is 0 Å². The first-order valence-corrected chi connectivity index (χ1v) is 8.89. The highest BCUT2D eigenvalue weighted by molar-refractivity contribution is 5.80. The fourth-order valence-electron chi connectivity index (χ4n) is 4.75. The van der Waals surface area contributed by atoms with Gasteiger partial charge >= 0.3 is 0 Å². The number of rotatable bonds is 1. The summed E-state index contributed by atoms with van der Waals surface area (Å²) in [5.74, 6) is 1.58. The van der Waals surface area contributed by atoms with Crippen molar-refractivity contribution in [2.75, 3.05) is 26.2 Å². The molecule has 120 valence electrons. The van der Waals surface area contributed by atoms with E-state index in [1.165, 1.54) is 25.7 Å². The van der Waals surface area contributed by atoms with Gasteiger partial charge in [0.25, 0.3) is 0 Å². The summed E-state index contributed by atoms with van der Waals surface area (Å²) < 4.78 is 0. The van der Waals surface area contributed by atoms with E-state index in [1.807, 2.05) is 0 Å². The average molecular weight is 292 g/mol. The molecule has 3 nitrogen and oxygen atoms in total. The Morgan fingerprint density at radius 2 is 1.67 bits per heavy atom. The third-order valence-corrected chi connectivity index (χ3v) is 6.40. The second-order valence-corrected chi connectivity index (χ2v) is 8.82. The van der Waals surface area contributed by atoms with Crippen LogP contribution in [0.1, 0.15) is 59.3 Å². The molecule has 21 heavy (non-hydrogen) atoms. The van der Waals surface area contributed by atoms with Gasteiger partial charge in [0.1, 0.15) is 0 Å². The zero-order valence-electron chi connectivity index (χ0n) is 14.1. The highest BCUT2D eigenvalue weighted by atomic mass is 16.2. The predicted molar refractivity (Wildman–Crippen MR) is 86.0 cm³/mol. The molecule has 0 unspecified atom stereocenters. The van der Waals surface area contributed by atoms with Gasteiger partial charge in [-0.1, -0.05) is 20.8 Å². The minimum absolute atomic E-state index is 0.342. The Hall–Kier alpha value is -0.570. The molecule has 1 spiro atoms. The first-order chi connectivity index (χ1) is 9.90. The van der Waals surface area contributed by atoms with Crippen molar-refractivity contribution in [2.45, 2.75) is 59.3 Å². The van der Waals surface area contributed by atoms with Crippen LogP contribution in [-0.2, 0) is 4.79 Å². The van der Waals surface area contributed by atoms with Crippen molar-refractivity contribution in [1.29, 1.82) is 0 Å². The molecule has 0 aromatic rings. The molecule has 1 aliphatic carbocycles. The standard InChI is InChI=1S/C18H32N2O/c1-17(2,3)15-4-10-20(11-5-15)16(21)14-12-18(13-14)6-8-19-9-7-18/h14-15,19H,4-13H2,1-3H3. The number of hydrogen-bond donors (Lipinski definition) is 1. The summed E-state index contributed by atoms with van der Waals surface area (Å²) in [7, 11) is 0. The maximum atomic E-state index is 12.7. The molecule has 3 aliphatic rings. The molecule has 1 N–H and O–H groups in total. The fraction of sp³-hybridized carbons (Fsp3) is 0.944. The molecule has 1 amide bonds. The van der Waals surface area contributed by atoms with Gasteiger partial charge in [0.15, 0.2) is 0 Å². The number of hydrogen-bond acceptors (Lipinski definition) is 2. The van der Waals surface area contributed by atoms with Crippen LogP contribution in [0.3, 0.4) is 0 Å². The van der Waals surface area contributed by atoms with E-state index < -0.39 is 0 Å². The molecular weight excluding hydrogens is 260 g/mol. The maximum absolute atomic E-state index is 12.7. The van der Waals surface area contributed by atoms with Gasteiger partial charge in [0.05, 0.1) is 0 Å². The molecule has 0 aromatic heterocycles. The molecule has 2 aliphatic heterocycles. The minimum Gasteiger partial charge on any atom is -0.342 e. The lowest BCUT2D eigenvalue weighted by atomic mass is 9.57. The lowest BCUT2D eigenvalue weighted by Gasteiger charge is -2.51. The SMILES string of the molecule is CC(C)(C)C1CCN(C(=O)C2CC3(CCNCC3)C2)CC1. The van der Waals surface area contributed by atoms with E-state index in [0.717, 1.165) is 44.9 Å². The molecule has 1 saturated carbocycles. The molecule has 2 heterocycles. The van der Waals surface area contributed by atoms with Gasteiger partial charge < -0.3 is 10.2 Å². The smallest absolute Gasteiger partial charge is 0.225 e. The van der Waals surface area contributed by atoms with Crippen LogP contribution in [0, 0.1) is 22.7 Å². The molecule has 3 heteroatoms. The highest BCUT2D eigenvalue weighted by Gasteiger charge is 2.48. The Labute approximate surface area is 129 Å². The molecule has 0 atom stereocenters. The Balaban J connectivity index is 1.47. The molecule has 0 bridgehead atoms. The van der Waals surface area contributed by atoms with E-state index in [1.54, 1.807) is 0 Å². The monoisotopic (exact) mass is 292 g/mol. The van der Waals surface area contributed by atoms with Crippen LogP contribution in [-0.4, -0.2) is 37.0 Å². The number of likely N-dealkylation sites (tertiary alicyclic amines) is 1. The summed E-state index contributed by atoms with van der Waals surface area (Å²) in [4.78, 5) is 14.8. The summed E-state index contributed by atoms with van der Waals surface area (Å²) >= 11 is 0. The van der Waals surface area contributed by atoms with Gasteiger partial charge in [-0.15, -0.1) is 0 Å². The normalized spacial score (nSPS) is 27.7. The predicted octanol–water partition coefficient (Wildman–Crippen LogP) is 3.05. The average Bonchev–Trinajstić information content (AvgIpc) is 2.44. The van der Waals surface area contributed by atoms with E-state index in [4.69, 9.17) is 0 Å². The lowest BCUT2D eigenvalue weighted by Crippen LogP contribution is -2.52. The van der Waals surface area contributed by atoms with Gasteiger partial charge in [-0.25, -0.2) is 0 Å². The fourth-order valence-corrected chi connectivity index (χ4v) is 4.75. The number of carbonyl (C=O) groups excluding carboxylic acids is 1. The molecule has 0 aromatic carbocycles. The largest absolute Gasteiger partial charge is 0.342 e.